The molecule has 0 bridgehead atoms. The zero-order chi connectivity index (χ0) is 12.3. The SMILES string of the molecule is COc1ccc(Nc2cccc(F)n2)cc1F. The number of hydrogen-bond acceptors (Lipinski definition) is 3. The van der Waals surface area contributed by atoms with E-state index in [9.17, 15) is 8.78 Å². The first-order chi connectivity index (χ1) is 8.19. The van der Waals surface area contributed by atoms with Gasteiger partial charge in [-0.15, -0.1) is 0 Å². The molecule has 0 aliphatic heterocycles. The number of nitrogens with zero attached hydrogens (tertiary/aromatic N) is 1. The monoisotopic (exact) mass is 236 g/mol. The molecule has 0 saturated carbocycles. The molecule has 0 atom stereocenters. The predicted molar refractivity (Wildman–Crippen MR) is 60.4 cm³/mol. The van der Waals surface area contributed by atoms with Crippen LogP contribution in [0.4, 0.5) is 20.3 Å². The van der Waals surface area contributed by atoms with Gasteiger partial charge in [-0.25, -0.2) is 9.37 Å². The second-order valence-corrected chi connectivity index (χ2v) is 3.32. The molecule has 1 N–H and O–H groups in total. The third-order valence-corrected chi connectivity index (χ3v) is 2.14. The third-order valence-electron chi connectivity index (χ3n) is 2.14. The lowest BCUT2D eigenvalue weighted by Gasteiger charge is -2.07. The Hall–Kier alpha value is -2.17. The van der Waals surface area contributed by atoms with Gasteiger partial charge in [0.15, 0.2) is 11.6 Å². The van der Waals surface area contributed by atoms with Gasteiger partial charge in [0.05, 0.1) is 7.11 Å². The summed E-state index contributed by atoms with van der Waals surface area (Å²) in [4.78, 5) is 3.61. The van der Waals surface area contributed by atoms with Gasteiger partial charge in [-0.05, 0) is 24.3 Å². The zero-order valence-corrected chi connectivity index (χ0v) is 9.08. The second-order valence-electron chi connectivity index (χ2n) is 3.32. The van der Waals surface area contributed by atoms with Crippen molar-refractivity contribution >= 4 is 11.5 Å². The lowest BCUT2D eigenvalue weighted by atomic mass is 10.3. The fourth-order valence-electron chi connectivity index (χ4n) is 1.37. The first kappa shape index (κ1) is 11.3. The highest BCUT2D eigenvalue weighted by molar-refractivity contribution is 5.57. The highest BCUT2D eigenvalue weighted by Gasteiger charge is 2.04. The molecule has 3 nitrogen and oxygen atoms in total. The summed E-state index contributed by atoms with van der Waals surface area (Å²) >= 11 is 0. The van der Waals surface area contributed by atoms with Crippen LogP contribution >= 0.6 is 0 Å². The quantitative estimate of drug-likeness (QED) is 0.831. The van der Waals surface area contributed by atoms with Crippen LogP contribution in [0.15, 0.2) is 36.4 Å². The average Bonchev–Trinajstić information content (AvgIpc) is 2.29. The Bertz CT molecular complexity index is 532. The van der Waals surface area contributed by atoms with E-state index in [4.69, 9.17) is 4.74 Å². The highest BCUT2D eigenvalue weighted by atomic mass is 19.1. The summed E-state index contributed by atoms with van der Waals surface area (Å²) in [7, 11) is 1.39. The van der Waals surface area contributed by atoms with Crippen molar-refractivity contribution in [1.29, 1.82) is 0 Å². The van der Waals surface area contributed by atoms with Crippen molar-refractivity contribution in [2.45, 2.75) is 0 Å². The van der Waals surface area contributed by atoms with E-state index < -0.39 is 11.8 Å². The lowest BCUT2D eigenvalue weighted by Crippen LogP contribution is -1.96. The minimum atomic E-state index is -0.594. The van der Waals surface area contributed by atoms with Crippen LogP contribution in [0, 0.1) is 11.8 Å². The molecular formula is C12H10F2N2O. The Morgan fingerprint density at radius 2 is 2.00 bits per heavy atom. The number of ether oxygens (including phenoxy) is 1. The first-order valence-electron chi connectivity index (χ1n) is 4.92. The summed E-state index contributed by atoms with van der Waals surface area (Å²) in [5.74, 6) is -0.616. The molecule has 88 valence electrons. The predicted octanol–water partition coefficient (Wildman–Crippen LogP) is 3.11. The van der Waals surface area contributed by atoms with Gasteiger partial charge < -0.3 is 10.1 Å². The van der Waals surface area contributed by atoms with Crippen molar-refractivity contribution in [2.24, 2.45) is 0 Å². The Morgan fingerprint density at radius 3 is 2.65 bits per heavy atom. The molecule has 2 aromatic rings. The number of anilines is 2. The largest absolute Gasteiger partial charge is 0.494 e. The molecule has 17 heavy (non-hydrogen) atoms. The van der Waals surface area contributed by atoms with Gasteiger partial charge in [-0.1, -0.05) is 6.07 Å². The number of nitrogens with one attached hydrogen (secondary N) is 1. The molecule has 0 aliphatic carbocycles. The van der Waals surface area contributed by atoms with Crippen molar-refractivity contribution < 1.29 is 13.5 Å². The van der Waals surface area contributed by atoms with Crippen LogP contribution in [-0.2, 0) is 0 Å². The maximum absolute atomic E-state index is 13.4. The molecule has 1 heterocycles. The zero-order valence-electron chi connectivity index (χ0n) is 9.08. The van der Waals surface area contributed by atoms with Gasteiger partial charge in [0.25, 0.3) is 0 Å². The number of halogens is 2. The van der Waals surface area contributed by atoms with Crippen molar-refractivity contribution in [3.8, 4) is 5.75 Å². The Morgan fingerprint density at radius 1 is 1.18 bits per heavy atom. The molecular weight excluding hydrogens is 226 g/mol. The first-order valence-corrected chi connectivity index (χ1v) is 4.92. The minimum Gasteiger partial charge on any atom is -0.494 e. The van der Waals surface area contributed by atoms with E-state index in [0.29, 0.717) is 11.5 Å². The van der Waals surface area contributed by atoms with Gasteiger partial charge in [-0.3, -0.25) is 0 Å². The summed E-state index contributed by atoms with van der Waals surface area (Å²) in [6.07, 6.45) is 0. The summed E-state index contributed by atoms with van der Waals surface area (Å²) in [5.41, 5.74) is 0.474. The molecule has 0 amide bonds. The third kappa shape index (κ3) is 2.69. The fraction of sp³-hybridized carbons (Fsp3) is 0.0833. The number of benzene rings is 1. The maximum Gasteiger partial charge on any atom is 0.214 e. The summed E-state index contributed by atoms with van der Waals surface area (Å²) < 4.78 is 31.0. The smallest absolute Gasteiger partial charge is 0.214 e. The molecule has 1 aromatic carbocycles. The van der Waals surface area contributed by atoms with E-state index in [2.05, 4.69) is 10.3 Å². The van der Waals surface area contributed by atoms with E-state index in [0.717, 1.165) is 0 Å². The van der Waals surface area contributed by atoms with Gasteiger partial charge >= 0.3 is 0 Å². The number of pyridine rings is 1. The standard InChI is InChI=1S/C12H10F2N2O/c1-17-10-6-5-8(7-9(10)13)15-12-4-2-3-11(14)16-12/h2-7H,1H3,(H,15,16). The molecule has 0 spiro atoms. The number of hydrogen-bond donors (Lipinski definition) is 1. The molecule has 1 aromatic heterocycles. The number of methoxy groups -OCH3 is 1. The van der Waals surface area contributed by atoms with Crippen molar-refractivity contribution in [3.63, 3.8) is 0 Å². The van der Waals surface area contributed by atoms with Crippen LogP contribution in [0.5, 0.6) is 5.75 Å². The summed E-state index contributed by atoms with van der Waals surface area (Å²) in [6.45, 7) is 0. The van der Waals surface area contributed by atoms with Crippen LogP contribution in [0.25, 0.3) is 0 Å². The Balaban J connectivity index is 2.22. The van der Waals surface area contributed by atoms with Crippen molar-refractivity contribution in [2.75, 3.05) is 12.4 Å². The van der Waals surface area contributed by atoms with E-state index in [-0.39, 0.29) is 5.75 Å². The molecule has 0 unspecified atom stereocenters. The van der Waals surface area contributed by atoms with Crippen LogP contribution in [0.1, 0.15) is 0 Å². The summed E-state index contributed by atoms with van der Waals surface area (Å²) in [5, 5.41) is 2.79. The lowest BCUT2D eigenvalue weighted by molar-refractivity contribution is 0.386. The van der Waals surface area contributed by atoms with E-state index in [1.54, 1.807) is 12.1 Å². The van der Waals surface area contributed by atoms with E-state index >= 15 is 0 Å². The molecule has 5 heteroatoms. The molecule has 0 radical (unpaired) electrons. The van der Waals surface area contributed by atoms with Crippen LogP contribution in [0.2, 0.25) is 0 Å². The highest BCUT2D eigenvalue weighted by Crippen LogP contribution is 2.22. The molecule has 2 rings (SSSR count). The molecule has 0 saturated heterocycles. The Kier molecular flexibility index (Phi) is 3.18. The van der Waals surface area contributed by atoms with Gasteiger partial charge in [0.2, 0.25) is 5.95 Å². The van der Waals surface area contributed by atoms with Crippen LogP contribution in [-0.4, -0.2) is 12.1 Å². The van der Waals surface area contributed by atoms with Gasteiger partial charge in [0.1, 0.15) is 5.82 Å². The second kappa shape index (κ2) is 4.78. The van der Waals surface area contributed by atoms with Crippen LogP contribution in [0.3, 0.4) is 0 Å². The molecule has 0 fully saturated rings. The van der Waals surface area contributed by atoms with Gasteiger partial charge in [0, 0.05) is 11.8 Å². The normalized spacial score (nSPS) is 10.1. The van der Waals surface area contributed by atoms with Gasteiger partial charge in [-0.2, -0.15) is 4.39 Å². The topological polar surface area (TPSA) is 34.1 Å². The minimum absolute atomic E-state index is 0.155. The Labute approximate surface area is 97.1 Å². The summed E-state index contributed by atoms with van der Waals surface area (Å²) in [6, 6.07) is 8.70. The fourth-order valence-corrected chi connectivity index (χ4v) is 1.37. The number of rotatable bonds is 3. The molecule has 0 aliphatic rings. The maximum atomic E-state index is 13.4. The van der Waals surface area contributed by atoms with Crippen molar-refractivity contribution in [3.05, 3.63) is 48.2 Å². The van der Waals surface area contributed by atoms with Crippen molar-refractivity contribution in [1.82, 2.24) is 4.98 Å². The van der Waals surface area contributed by atoms with E-state index in [1.165, 1.54) is 31.4 Å². The number of aromatic nitrogens is 1. The van der Waals surface area contributed by atoms with Crippen LogP contribution < -0.4 is 10.1 Å². The average molecular weight is 236 g/mol. The van der Waals surface area contributed by atoms with E-state index in [1.807, 2.05) is 0 Å².